The molecule has 2 aromatic rings. The van der Waals surface area contributed by atoms with Crippen LogP contribution in [0.25, 0.3) is 0 Å². The van der Waals surface area contributed by atoms with Crippen LogP contribution in [0.3, 0.4) is 0 Å². The highest BCUT2D eigenvalue weighted by Gasteiger charge is 2.17. The minimum absolute atomic E-state index is 0.0728. The topological polar surface area (TPSA) is 79.7 Å². The summed E-state index contributed by atoms with van der Waals surface area (Å²) in [5.74, 6) is 0.282. The van der Waals surface area contributed by atoms with Gasteiger partial charge in [0, 0.05) is 11.8 Å². The number of carbonyl (C=O) groups excluding carboxylic acids is 2. The van der Waals surface area contributed by atoms with E-state index in [1.807, 2.05) is 0 Å². The van der Waals surface area contributed by atoms with Crippen LogP contribution in [0, 0.1) is 0 Å². The van der Waals surface area contributed by atoms with E-state index in [0.717, 1.165) is 0 Å². The molecular weight excluding hydrogens is 300 g/mol. The third kappa shape index (κ3) is 3.68. The number of aromatic nitrogens is 2. The molecule has 0 spiro atoms. The third-order valence-electron chi connectivity index (χ3n) is 3.20. The summed E-state index contributed by atoms with van der Waals surface area (Å²) < 4.78 is 16.6. The van der Waals surface area contributed by atoms with E-state index in [4.69, 9.17) is 14.2 Å². The zero-order chi connectivity index (χ0) is 16.8. The van der Waals surface area contributed by atoms with Crippen molar-refractivity contribution < 1.29 is 23.8 Å². The predicted octanol–water partition coefficient (Wildman–Crippen LogP) is 1.96. The van der Waals surface area contributed by atoms with Gasteiger partial charge in [-0.25, -0.2) is 4.79 Å². The van der Waals surface area contributed by atoms with Crippen molar-refractivity contribution in [2.45, 2.75) is 13.5 Å². The van der Waals surface area contributed by atoms with Gasteiger partial charge in [-0.2, -0.15) is 5.10 Å². The zero-order valence-electron chi connectivity index (χ0n) is 13.2. The Morgan fingerprint density at radius 1 is 1.13 bits per heavy atom. The molecule has 7 heteroatoms. The van der Waals surface area contributed by atoms with Gasteiger partial charge < -0.3 is 14.2 Å². The fourth-order valence-electron chi connectivity index (χ4n) is 2.07. The lowest BCUT2D eigenvalue weighted by Crippen LogP contribution is -2.18. The molecule has 0 fully saturated rings. The summed E-state index contributed by atoms with van der Waals surface area (Å²) in [7, 11) is 3.02. The SMILES string of the molecule is CCOC(=O)c1ccnn1CC(=O)c1ccc(OC)c(OC)c1. The Hall–Kier alpha value is -2.83. The van der Waals surface area contributed by atoms with Gasteiger partial charge in [-0.15, -0.1) is 0 Å². The summed E-state index contributed by atoms with van der Waals surface area (Å²) in [5.41, 5.74) is 0.675. The fraction of sp³-hybridized carbons (Fsp3) is 0.312. The van der Waals surface area contributed by atoms with Crippen LogP contribution in [-0.4, -0.2) is 42.4 Å². The molecule has 0 amide bonds. The second kappa shape index (κ2) is 7.44. The average Bonchev–Trinajstić information content (AvgIpc) is 3.02. The van der Waals surface area contributed by atoms with Gasteiger partial charge in [-0.05, 0) is 31.2 Å². The van der Waals surface area contributed by atoms with Crippen molar-refractivity contribution in [3.05, 3.63) is 41.7 Å². The van der Waals surface area contributed by atoms with Crippen molar-refractivity contribution in [1.82, 2.24) is 9.78 Å². The number of rotatable bonds is 7. The van der Waals surface area contributed by atoms with Gasteiger partial charge in [0.05, 0.1) is 20.8 Å². The molecule has 0 aliphatic carbocycles. The molecule has 1 aromatic heterocycles. The highest BCUT2D eigenvalue weighted by Crippen LogP contribution is 2.27. The number of benzene rings is 1. The average molecular weight is 318 g/mol. The molecule has 0 aliphatic rings. The van der Waals surface area contributed by atoms with Gasteiger partial charge in [0.2, 0.25) is 0 Å². The summed E-state index contributed by atoms with van der Waals surface area (Å²) in [4.78, 5) is 24.2. The van der Waals surface area contributed by atoms with E-state index >= 15 is 0 Å². The van der Waals surface area contributed by atoms with Gasteiger partial charge in [-0.1, -0.05) is 0 Å². The number of methoxy groups -OCH3 is 2. The summed E-state index contributed by atoms with van der Waals surface area (Å²) >= 11 is 0. The van der Waals surface area contributed by atoms with Gasteiger partial charge in [0.15, 0.2) is 17.3 Å². The van der Waals surface area contributed by atoms with E-state index in [-0.39, 0.29) is 24.6 Å². The molecule has 0 N–H and O–H groups in total. The molecular formula is C16H18N2O5. The molecule has 2 rings (SSSR count). The molecule has 7 nitrogen and oxygen atoms in total. The standard InChI is InChI=1S/C16H18N2O5/c1-4-23-16(20)12-7-8-17-18(12)10-13(19)11-5-6-14(21-2)15(9-11)22-3/h5-9H,4,10H2,1-3H3. The smallest absolute Gasteiger partial charge is 0.356 e. The van der Waals surface area contributed by atoms with Crippen molar-refractivity contribution >= 4 is 11.8 Å². The first-order chi connectivity index (χ1) is 11.1. The number of hydrogen-bond acceptors (Lipinski definition) is 6. The molecule has 122 valence electrons. The first-order valence-corrected chi connectivity index (χ1v) is 7.04. The van der Waals surface area contributed by atoms with Crippen molar-refractivity contribution in [3.63, 3.8) is 0 Å². The Morgan fingerprint density at radius 2 is 1.87 bits per heavy atom. The second-order valence-corrected chi connectivity index (χ2v) is 4.59. The summed E-state index contributed by atoms with van der Waals surface area (Å²) in [6.07, 6.45) is 1.45. The largest absolute Gasteiger partial charge is 0.493 e. The number of nitrogens with zero attached hydrogens (tertiary/aromatic N) is 2. The minimum atomic E-state index is -0.509. The van der Waals surface area contributed by atoms with Crippen molar-refractivity contribution in [3.8, 4) is 11.5 Å². The molecule has 1 heterocycles. The van der Waals surface area contributed by atoms with Crippen molar-refractivity contribution in [2.75, 3.05) is 20.8 Å². The Labute approximate surface area is 133 Å². The second-order valence-electron chi connectivity index (χ2n) is 4.59. The Balaban J connectivity index is 2.20. The predicted molar refractivity (Wildman–Crippen MR) is 82.1 cm³/mol. The quantitative estimate of drug-likeness (QED) is 0.573. The van der Waals surface area contributed by atoms with Crippen molar-refractivity contribution in [1.29, 1.82) is 0 Å². The normalized spacial score (nSPS) is 10.2. The lowest BCUT2D eigenvalue weighted by molar-refractivity contribution is 0.0512. The molecule has 0 unspecified atom stereocenters. The van der Waals surface area contributed by atoms with Crippen LogP contribution in [0.1, 0.15) is 27.8 Å². The zero-order valence-corrected chi connectivity index (χ0v) is 13.2. The van der Waals surface area contributed by atoms with E-state index in [0.29, 0.717) is 17.1 Å². The van der Waals surface area contributed by atoms with Crippen LogP contribution < -0.4 is 9.47 Å². The third-order valence-corrected chi connectivity index (χ3v) is 3.20. The van der Waals surface area contributed by atoms with E-state index < -0.39 is 5.97 Å². The highest BCUT2D eigenvalue weighted by molar-refractivity contribution is 5.97. The van der Waals surface area contributed by atoms with Gasteiger partial charge in [0.25, 0.3) is 0 Å². The van der Waals surface area contributed by atoms with E-state index in [2.05, 4.69) is 5.10 Å². The van der Waals surface area contributed by atoms with Crippen LogP contribution >= 0.6 is 0 Å². The van der Waals surface area contributed by atoms with E-state index in [1.165, 1.54) is 31.2 Å². The summed E-state index contributed by atoms with van der Waals surface area (Å²) in [6, 6.07) is 6.40. The number of esters is 1. The number of Topliss-reactive ketones (excluding diaryl/α,β-unsaturated/α-hetero) is 1. The summed E-state index contributed by atoms with van der Waals surface area (Å²) in [6.45, 7) is 1.90. The highest BCUT2D eigenvalue weighted by atomic mass is 16.5. The van der Waals surface area contributed by atoms with E-state index in [9.17, 15) is 9.59 Å². The molecule has 0 bridgehead atoms. The van der Waals surface area contributed by atoms with Gasteiger partial charge in [0.1, 0.15) is 12.2 Å². The lowest BCUT2D eigenvalue weighted by Gasteiger charge is -2.10. The molecule has 0 atom stereocenters. The number of ketones is 1. The van der Waals surface area contributed by atoms with Crippen LogP contribution in [-0.2, 0) is 11.3 Å². The number of hydrogen-bond donors (Lipinski definition) is 0. The fourth-order valence-corrected chi connectivity index (χ4v) is 2.07. The maximum absolute atomic E-state index is 12.4. The molecule has 23 heavy (non-hydrogen) atoms. The number of carbonyl (C=O) groups is 2. The van der Waals surface area contributed by atoms with E-state index in [1.54, 1.807) is 25.1 Å². The van der Waals surface area contributed by atoms with Crippen LogP contribution in [0.5, 0.6) is 11.5 Å². The first-order valence-electron chi connectivity index (χ1n) is 7.04. The molecule has 0 radical (unpaired) electrons. The molecule has 0 saturated heterocycles. The molecule has 1 aromatic carbocycles. The Bertz CT molecular complexity index is 708. The molecule has 0 aliphatic heterocycles. The number of ether oxygens (including phenoxy) is 3. The first kappa shape index (κ1) is 16.5. The van der Waals surface area contributed by atoms with Gasteiger partial charge in [-0.3, -0.25) is 9.48 Å². The Kier molecular flexibility index (Phi) is 5.35. The van der Waals surface area contributed by atoms with Crippen LogP contribution in [0.2, 0.25) is 0 Å². The van der Waals surface area contributed by atoms with Crippen molar-refractivity contribution in [2.24, 2.45) is 0 Å². The van der Waals surface area contributed by atoms with Crippen LogP contribution in [0.15, 0.2) is 30.5 Å². The Morgan fingerprint density at radius 3 is 2.52 bits per heavy atom. The monoisotopic (exact) mass is 318 g/mol. The lowest BCUT2D eigenvalue weighted by atomic mass is 10.1. The maximum Gasteiger partial charge on any atom is 0.356 e. The summed E-state index contributed by atoms with van der Waals surface area (Å²) in [5, 5.41) is 4.00. The van der Waals surface area contributed by atoms with Gasteiger partial charge >= 0.3 is 5.97 Å². The maximum atomic E-state index is 12.4. The minimum Gasteiger partial charge on any atom is -0.493 e. The molecule has 0 saturated carbocycles. The van der Waals surface area contributed by atoms with Crippen LogP contribution in [0.4, 0.5) is 0 Å².